The number of aryl methyl sites for hydroxylation is 1. The molecular formula is C52H58N4O6S. The van der Waals surface area contributed by atoms with E-state index < -0.39 is 30.3 Å². The Morgan fingerprint density at radius 3 is 2.13 bits per heavy atom. The molecule has 0 N–H and O–H groups in total. The molecule has 4 heterocycles. The van der Waals surface area contributed by atoms with Crippen LogP contribution in [0.5, 0.6) is 0 Å². The summed E-state index contributed by atoms with van der Waals surface area (Å²) in [6.07, 6.45) is 30.2. The molecule has 0 aliphatic heterocycles. The van der Waals surface area contributed by atoms with Gasteiger partial charge in [-0.15, -0.1) is 11.3 Å². The lowest BCUT2D eigenvalue weighted by molar-refractivity contribution is 0.00210. The third-order valence-corrected chi connectivity index (χ3v) is 15.4. The summed E-state index contributed by atoms with van der Waals surface area (Å²) in [4.78, 5) is 58.3. The van der Waals surface area contributed by atoms with Gasteiger partial charge in [-0.1, -0.05) is 57.6 Å². The SMILES string of the molecule is C=C1C(=CC=C2CCC[C@]3(C)[C@@H]([C@H](C)C=C[C@H](OC(=O)c4ccncc4)C4(c5ncc(CCCC)s5)CC4)CC[C@@H]23)C[C@@H](OC(=O)c2ccncc2)C[C@@H]1OC(=O)c1ccncc1. The van der Waals surface area contributed by atoms with Crippen molar-refractivity contribution < 1.29 is 28.6 Å². The third-order valence-electron chi connectivity index (χ3n) is 14.1. The van der Waals surface area contributed by atoms with Gasteiger partial charge >= 0.3 is 17.9 Å². The maximum Gasteiger partial charge on any atom is 0.338 e. The van der Waals surface area contributed by atoms with Crippen LogP contribution in [0.25, 0.3) is 0 Å². The van der Waals surface area contributed by atoms with E-state index in [9.17, 15) is 14.4 Å². The fourth-order valence-electron chi connectivity index (χ4n) is 10.4. The molecule has 0 saturated heterocycles. The van der Waals surface area contributed by atoms with Crippen LogP contribution in [-0.4, -0.2) is 56.2 Å². The molecule has 0 unspecified atom stereocenters. The van der Waals surface area contributed by atoms with Crippen molar-refractivity contribution in [2.24, 2.45) is 23.2 Å². The molecule has 328 valence electrons. The number of ether oxygens (including phenoxy) is 3. The summed E-state index contributed by atoms with van der Waals surface area (Å²) in [7, 11) is 0. The maximum absolute atomic E-state index is 13.6. The van der Waals surface area contributed by atoms with Crippen LogP contribution in [0.3, 0.4) is 0 Å². The molecule has 4 saturated carbocycles. The van der Waals surface area contributed by atoms with E-state index in [0.29, 0.717) is 41.4 Å². The molecule has 4 aliphatic carbocycles. The fourth-order valence-corrected chi connectivity index (χ4v) is 11.6. The molecule has 4 aromatic heterocycles. The minimum atomic E-state index is -0.666. The summed E-state index contributed by atoms with van der Waals surface area (Å²) in [6, 6.07) is 9.91. The molecule has 4 aromatic rings. The van der Waals surface area contributed by atoms with Gasteiger partial charge in [-0.05, 0) is 135 Å². The van der Waals surface area contributed by atoms with E-state index in [1.807, 2.05) is 6.20 Å². The topological polar surface area (TPSA) is 130 Å². The molecular weight excluding hydrogens is 809 g/mol. The summed E-state index contributed by atoms with van der Waals surface area (Å²) in [5.41, 5.74) is 4.14. The molecule has 10 nitrogen and oxygen atoms in total. The number of aromatic nitrogens is 4. The van der Waals surface area contributed by atoms with Gasteiger partial charge in [0.05, 0.1) is 22.1 Å². The van der Waals surface area contributed by atoms with E-state index in [-0.39, 0.29) is 22.7 Å². The lowest BCUT2D eigenvalue weighted by Gasteiger charge is -2.44. The Morgan fingerprint density at radius 2 is 1.49 bits per heavy atom. The van der Waals surface area contributed by atoms with E-state index in [0.717, 1.165) is 80.4 Å². The molecule has 0 bridgehead atoms. The number of rotatable bonds is 15. The molecule has 8 rings (SSSR count). The highest BCUT2D eigenvalue weighted by atomic mass is 32.1. The Labute approximate surface area is 375 Å². The van der Waals surface area contributed by atoms with Gasteiger partial charge in [-0.25, -0.2) is 19.4 Å². The van der Waals surface area contributed by atoms with Gasteiger partial charge in [0.2, 0.25) is 0 Å². The number of thiazole rings is 1. The van der Waals surface area contributed by atoms with Crippen LogP contribution >= 0.6 is 11.3 Å². The first kappa shape index (κ1) is 44.1. The summed E-state index contributed by atoms with van der Waals surface area (Å²) < 4.78 is 18.5. The molecule has 0 amide bonds. The van der Waals surface area contributed by atoms with Crippen molar-refractivity contribution in [3.05, 3.63) is 154 Å². The van der Waals surface area contributed by atoms with Crippen LogP contribution in [0.4, 0.5) is 0 Å². The zero-order valence-corrected chi connectivity index (χ0v) is 37.4. The van der Waals surface area contributed by atoms with Crippen LogP contribution in [0, 0.1) is 23.2 Å². The lowest BCUT2D eigenvalue weighted by atomic mass is 9.61. The maximum atomic E-state index is 13.6. The predicted molar refractivity (Wildman–Crippen MR) is 243 cm³/mol. The van der Waals surface area contributed by atoms with Crippen molar-refractivity contribution in [1.82, 2.24) is 19.9 Å². The van der Waals surface area contributed by atoms with Crippen LogP contribution in [-0.2, 0) is 26.0 Å². The molecule has 11 heteroatoms. The van der Waals surface area contributed by atoms with Crippen LogP contribution in [0.15, 0.2) is 127 Å². The van der Waals surface area contributed by atoms with Gasteiger partial charge in [0.15, 0.2) is 0 Å². The van der Waals surface area contributed by atoms with E-state index in [4.69, 9.17) is 19.2 Å². The van der Waals surface area contributed by atoms with Gasteiger partial charge < -0.3 is 14.2 Å². The average molecular weight is 867 g/mol. The number of unbranched alkanes of at least 4 members (excludes halogenated alkanes) is 1. The molecule has 0 aromatic carbocycles. The summed E-state index contributed by atoms with van der Waals surface area (Å²) in [5.74, 6) is -0.141. The Bertz CT molecular complexity index is 2360. The Morgan fingerprint density at radius 1 is 0.857 bits per heavy atom. The number of hydrogen-bond donors (Lipinski definition) is 0. The first-order chi connectivity index (χ1) is 30.6. The van der Waals surface area contributed by atoms with Crippen molar-refractivity contribution in [3.63, 3.8) is 0 Å². The Balaban J connectivity index is 1.01. The van der Waals surface area contributed by atoms with Crippen LogP contribution < -0.4 is 0 Å². The van der Waals surface area contributed by atoms with E-state index in [1.165, 1.54) is 10.5 Å². The van der Waals surface area contributed by atoms with Gasteiger partial charge in [0.25, 0.3) is 0 Å². The van der Waals surface area contributed by atoms with Crippen molar-refractivity contribution in [2.45, 2.75) is 122 Å². The largest absolute Gasteiger partial charge is 0.458 e. The minimum Gasteiger partial charge on any atom is -0.458 e. The monoisotopic (exact) mass is 866 g/mol. The Kier molecular flexibility index (Phi) is 13.6. The van der Waals surface area contributed by atoms with E-state index in [1.54, 1.807) is 84.9 Å². The number of hydrogen-bond acceptors (Lipinski definition) is 11. The van der Waals surface area contributed by atoms with Crippen molar-refractivity contribution >= 4 is 29.2 Å². The highest BCUT2D eigenvalue weighted by molar-refractivity contribution is 7.11. The van der Waals surface area contributed by atoms with Gasteiger partial charge in [-0.2, -0.15) is 0 Å². The quantitative estimate of drug-likeness (QED) is 0.0646. The van der Waals surface area contributed by atoms with Gasteiger partial charge in [-0.3, -0.25) is 15.0 Å². The average Bonchev–Trinajstić information content (AvgIpc) is 3.82. The standard InChI is InChI=1S/C52H58N4O6S/c1-5-6-9-42-33-56-50(63-42)52(23-24-52)46(62-49(59)39-20-29-55-30-21-39)15-10-34(2)43-13-14-44-36(8-7-22-51(43,44)4)11-12-40-31-41(60-47(57)37-16-25-53-26-17-37)32-45(35(40)3)61-48(58)38-18-27-54-28-19-38/h10-12,15-21,25-30,33-34,41,43-46H,3,5-9,13-14,22-24,31-32H2,1-2,4H3/t34-,41-,43-,44+,45+,46+,51-/m1/s1. The summed E-state index contributed by atoms with van der Waals surface area (Å²) in [5, 5.41) is 1.07. The van der Waals surface area contributed by atoms with Crippen molar-refractivity contribution in [3.8, 4) is 0 Å². The molecule has 7 atom stereocenters. The Hall–Kier alpha value is -5.55. The number of nitrogens with zero attached hydrogens (tertiary/aromatic N) is 4. The molecule has 4 fully saturated rings. The highest BCUT2D eigenvalue weighted by Crippen LogP contribution is 2.60. The first-order valence-electron chi connectivity index (χ1n) is 22.6. The second-order valence-electron chi connectivity index (χ2n) is 18.1. The second kappa shape index (κ2) is 19.5. The van der Waals surface area contributed by atoms with E-state index >= 15 is 0 Å². The van der Waals surface area contributed by atoms with Crippen LogP contribution in [0.1, 0.15) is 132 Å². The number of carbonyl (C=O) groups excluding carboxylic acids is 3. The molecule has 0 spiro atoms. The first-order valence-corrected chi connectivity index (χ1v) is 23.4. The number of carbonyl (C=O) groups is 3. The summed E-state index contributed by atoms with van der Waals surface area (Å²) >= 11 is 1.77. The van der Waals surface area contributed by atoms with Gasteiger partial charge in [0, 0.05) is 61.1 Å². The van der Waals surface area contributed by atoms with E-state index in [2.05, 4.69) is 66.6 Å². The predicted octanol–water partition coefficient (Wildman–Crippen LogP) is 11.0. The molecule has 4 aliphatic rings. The fraction of sp³-hybridized carbons (Fsp3) is 0.442. The lowest BCUT2D eigenvalue weighted by Crippen LogP contribution is -2.36. The number of fused-ring (bicyclic) bond motifs is 1. The molecule has 0 radical (unpaired) electrons. The number of allylic oxidation sites excluding steroid dienone is 4. The minimum absolute atomic E-state index is 0.0884. The normalized spacial score (nSPS) is 26.2. The number of esters is 3. The molecule has 63 heavy (non-hydrogen) atoms. The number of pyridine rings is 3. The van der Waals surface area contributed by atoms with Crippen molar-refractivity contribution in [1.29, 1.82) is 0 Å². The highest BCUT2D eigenvalue weighted by Gasteiger charge is 2.55. The third kappa shape index (κ3) is 9.83. The van der Waals surface area contributed by atoms with Gasteiger partial charge in [0.1, 0.15) is 23.3 Å². The van der Waals surface area contributed by atoms with Crippen LogP contribution in [0.2, 0.25) is 0 Å². The summed E-state index contributed by atoms with van der Waals surface area (Å²) in [6.45, 7) is 11.4. The zero-order chi connectivity index (χ0) is 44.0. The smallest absolute Gasteiger partial charge is 0.338 e. The zero-order valence-electron chi connectivity index (χ0n) is 36.6. The second-order valence-corrected chi connectivity index (χ2v) is 19.2. The van der Waals surface area contributed by atoms with Crippen molar-refractivity contribution in [2.75, 3.05) is 0 Å².